The SMILES string of the molecule is Cc1ccc(NC(=O)c2cccc(C(F)(F)F)c2)cc1N=C(N)N.O=[N+]([O-])O. The van der Waals surface area contributed by atoms with E-state index in [9.17, 15) is 18.0 Å². The standard InChI is InChI=1S/C16H15F3N4O.HNO3/c1-9-5-6-12(8-13(9)23-15(20)21)22-14(24)10-3-2-4-11(7-10)16(17,18)19;2-1(3)4/h2-8H,1H3,(H,22,24)(H4,20,21,23);(H,2,3,4). The number of halogens is 3. The number of nitrogens with two attached hydrogens (primary N) is 2. The first-order chi connectivity index (χ1) is 12.9. The number of amides is 1. The zero-order valence-corrected chi connectivity index (χ0v) is 14.4. The number of aryl methyl sites for hydroxylation is 1. The summed E-state index contributed by atoms with van der Waals surface area (Å²) in [6.45, 7) is 1.78. The molecular weight excluding hydrogens is 383 g/mol. The molecule has 0 aliphatic heterocycles. The number of alkyl halides is 3. The lowest BCUT2D eigenvalue weighted by Gasteiger charge is -2.10. The third-order valence-electron chi connectivity index (χ3n) is 3.17. The van der Waals surface area contributed by atoms with E-state index in [1.54, 1.807) is 19.1 Å². The zero-order chi connectivity index (χ0) is 21.5. The van der Waals surface area contributed by atoms with E-state index in [1.807, 2.05) is 0 Å². The Kier molecular flexibility index (Phi) is 7.30. The fourth-order valence-corrected chi connectivity index (χ4v) is 1.99. The van der Waals surface area contributed by atoms with Crippen molar-refractivity contribution in [2.75, 3.05) is 5.32 Å². The molecule has 0 unspecified atom stereocenters. The Morgan fingerprint density at radius 2 is 1.82 bits per heavy atom. The summed E-state index contributed by atoms with van der Waals surface area (Å²) in [7, 11) is 0. The molecule has 0 bridgehead atoms. The van der Waals surface area contributed by atoms with Gasteiger partial charge < -0.3 is 22.0 Å². The second kappa shape index (κ2) is 9.21. The smallest absolute Gasteiger partial charge is 0.370 e. The monoisotopic (exact) mass is 399 g/mol. The summed E-state index contributed by atoms with van der Waals surface area (Å²) < 4.78 is 38.1. The first-order valence-corrected chi connectivity index (χ1v) is 7.42. The van der Waals surface area contributed by atoms with Crippen LogP contribution in [0, 0.1) is 17.0 Å². The quantitative estimate of drug-likeness (QED) is 0.269. The molecule has 6 N–H and O–H groups in total. The molecule has 2 aromatic rings. The molecule has 150 valence electrons. The van der Waals surface area contributed by atoms with Crippen molar-refractivity contribution >= 4 is 23.2 Å². The molecule has 0 aliphatic rings. The Bertz CT molecular complexity index is 892. The Hall–Kier alpha value is -3.83. The minimum absolute atomic E-state index is 0.103. The van der Waals surface area contributed by atoms with E-state index in [1.165, 1.54) is 18.2 Å². The highest BCUT2D eigenvalue weighted by Crippen LogP contribution is 2.30. The lowest BCUT2D eigenvalue weighted by Crippen LogP contribution is -2.22. The van der Waals surface area contributed by atoms with Gasteiger partial charge in [0.2, 0.25) is 0 Å². The number of benzene rings is 2. The van der Waals surface area contributed by atoms with Gasteiger partial charge in [0.25, 0.3) is 11.0 Å². The summed E-state index contributed by atoms with van der Waals surface area (Å²) in [6.07, 6.45) is -4.51. The van der Waals surface area contributed by atoms with Gasteiger partial charge in [-0.3, -0.25) is 4.79 Å². The molecule has 0 spiro atoms. The number of carbonyl (C=O) groups excluding carboxylic acids is 1. The normalized spacial score (nSPS) is 10.3. The predicted molar refractivity (Wildman–Crippen MR) is 94.8 cm³/mol. The number of rotatable bonds is 3. The summed E-state index contributed by atoms with van der Waals surface area (Å²) in [5.74, 6) is -0.806. The van der Waals surface area contributed by atoms with Gasteiger partial charge in [-0.15, -0.1) is 10.1 Å². The number of guanidine groups is 1. The van der Waals surface area contributed by atoms with E-state index in [0.717, 1.165) is 17.7 Å². The van der Waals surface area contributed by atoms with Crippen LogP contribution in [0.3, 0.4) is 0 Å². The highest BCUT2D eigenvalue weighted by atomic mass is 19.4. The van der Waals surface area contributed by atoms with Crippen molar-refractivity contribution in [1.82, 2.24) is 0 Å². The number of aliphatic imine (C=N–C) groups is 1. The zero-order valence-electron chi connectivity index (χ0n) is 14.4. The van der Waals surface area contributed by atoms with Crippen molar-refractivity contribution in [2.45, 2.75) is 13.1 Å². The molecule has 0 aromatic heterocycles. The summed E-state index contributed by atoms with van der Waals surface area (Å²) in [6, 6.07) is 8.99. The molecule has 9 nitrogen and oxygen atoms in total. The Morgan fingerprint density at radius 3 is 2.36 bits per heavy atom. The Balaban J connectivity index is 0.000000892. The molecule has 12 heteroatoms. The highest BCUT2D eigenvalue weighted by molar-refractivity contribution is 6.04. The minimum atomic E-state index is -4.51. The topological polar surface area (TPSA) is 157 Å². The molecule has 2 rings (SSSR count). The van der Waals surface area contributed by atoms with Gasteiger partial charge in [0.15, 0.2) is 5.96 Å². The van der Waals surface area contributed by atoms with E-state index in [2.05, 4.69) is 10.3 Å². The van der Waals surface area contributed by atoms with Gasteiger partial charge in [0.05, 0.1) is 11.3 Å². The third-order valence-corrected chi connectivity index (χ3v) is 3.17. The molecule has 0 atom stereocenters. The fourth-order valence-electron chi connectivity index (χ4n) is 1.99. The van der Waals surface area contributed by atoms with E-state index in [-0.39, 0.29) is 11.5 Å². The molecule has 0 saturated carbocycles. The van der Waals surface area contributed by atoms with Crippen molar-refractivity contribution in [3.63, 3.8) is 0 Å². The third kappa shape index (κ3) is 7.19. The average Bonchev–Trinajstić information content (AvgIpc) is 2.56. The Morgan fingerprint density at radius 1 is 1.21 bits per heavy atom. The van der Waals surface area contributed by atoms with E-state index in [0.29, 0.717) is 11.4 Å². The van der Waals surface area contributed by atoms with Gasteiger partial charge in [0.1, 0.15) is 0 Å². The predicted octanol–water partition coefficient (Wildman–Crippen LogP) is 2.82. The maximum Gasteiger partial charge on any atom is 0.416 e. The second-order valence-electron chi connectivity index (χ2n) is 5.31. The lowest BCUT2D eigenvalue weighted by molar-refractivity contribution is -0.742. The first-order valence-electron chi connectivity index (χ1n) is 7.42. The second-order valence-corrected chi connectivity index (χ2v) is 5.31. The van der Waals surface area contributed by atoms with Gasteiger partial charge >= 0.3 is 6.18 Å². The van der Waals surface area contributed by atoms with Crippen LogP contribution in [0.25, 0.3) is 0 Å². The molecule has 1 amide bonds. The maximum atomic E-state index is 12.7. The maximum absolute atomic E-state index is 12.7. The number of hydrogen-bond acceptors (Lipinski definition) is 4. The molecule has 0 heterocycles. The van der Waals surface area contributed by atoms with E-state index in [4.69, 9.17) is 26.8 Å². The van der Waals surface area contributed by atoms with Gasteiger partial charge in [-0.2, -0.15) is 13.2 Å². The van der Waals surface area contributed by atoms with Crippen LogP contribution < -0.4 is 16.8 Å². The molecule has 28 heavy (non-hydrogen) atoms. The summed E-state index contributed by atoms with van der Waals surface area (Å²) in [4.78, 5) is 24.4. The average molecular weight is 399 g/mol. The van der Waals surface area contributed by atoms with Gasteiger partial charge in [-0.1, -0.05) is 12.1 Å². The molecule has 2 aromatic carbocycles. The summed E-state index contributed by atoms with van der Waals surface area (Å²) in [5, 5.41) is 16.2. The van der Waals surface area contributed by atoms with Crippen molar-refractivity contribution < 1.29 is 28.3 Å². The van der Waals surface area contributed by atoms with Gasteiger partial charge in [-0.25, -0.2) is 4.99 Å². The number of anilines is 1. The molecule has 0 saturated heterocycles. The molecule has 0 fully saturated rings. The van der Waals surface area contributed by atoms with Crippen molar-refractivity contribution in [1.29, 1.82) is 0 Å². The summed E-state index contributed by atoms with van der Waals surface area (Å²) >= 11 is 0. The molecular formula is C16H16F3N5O4. The van der Waals surface area contributed by atoms with Crippen LogP contribution in [0.5, 0.6) is 0 Å². The van der Waals surface area contributed by atoms with Crippen LogP contribution >= 0.6 is 0 Å². The van der Waals surface area contributed by atoms with Crippen LogP contribution in [-0.2, 0) is 6.18 Å². The number of nitrogens with one attached hydrogen (secondary N) is 1. The van der Waals surface area contributed by atoms with Crippen molar-refractivity contribution in [2.24, 2.45) is 16.5 Å². The summed E-state index contributed by atoms with van der Waals surface area (Å²) in [5.41, 5.74) is 11.3. The van der Waals surface area contributed by atoms with Crippen LogP contribution in [0.15, 0.2) is 47.5 Å². The van der Waals surface area contributed by atoms with Crippen LogP contribution in [-0.4, -0.2) is 22.2 Å². The lowest BCUT2D eigenvalue weighted by atomic mass is 10.1. The number of nitrogens with zero attached hydrogens (tertiary/aromatic N) is 2. The van der Waals surface area contributed by atoms with Crippen molar-refractivity contribution in [3.8, 4) is 0 Å². The van der Waals surface area contributed by atoms with Crippen molar-refractivity contribution in [3.05, 3.63) is 69.3 Å². The van der Waals surface area contributed by atoms with Gasteiger partial charge in [0, 0.05) is 11.3 Å². The van der Waals surface area contributed by atoms with Crippen LogP contribution in [0.1, 0.15) is 21.5 Å². The minimum Gasteiger partial charge on any atom is -0.370 e. The van der Waals surface area contributed by atoms with Gasteiger partial charge in [-0.05, 0) is 42.8 Å². The Labute approximate surface area is 156 Å². The van der Waals surface area contributed by atoms with Crippen LogP contribution in [0.2, 0.25) is 0 Å². The van der Waals surface area contributed by atoms with Crippen LogP contribution in [0.4, 0.5) is 24.5 Å². The molecule has 0 radical (unpaired) electrons. The fraction of sp³-hybridized carbons (Fsp3) is 0.125. The number of hydrogen-bond donors (Lipinski definition) is 4. The van der Waals surface area contributed by atoms with E-state index < -0.39 is 22.7 Å². The number of carbonyl (C=O) groups is 1. The first kappa shape index (κ1) is 22.2. The van der Waals surface area contributed by atoms with E-state index >= 15 is 0 Å². The molecule has 0 aliphatic carbocycles. The highest BCUT2D eigenvalue weighted by Gasteiger charge is 2.30. The largest absolute Gasteiger partial charge is 0.416 e.